The van der Waals surface area contributed by atoms with E-state index in [1.165, 1.54) is 109 Å². The zero-order valence-corrected chi connectivity index (χ0v) is 44.6. The fraction of sp³-hybridized carbons (Fsp3) is 0.726. The number of ether oxygens (including phenoxy) is 3. The average Bonchev–Trinajstić information content (AvgIpc) is 3.34. The maximum Gasteiger partial charge on any atom is 0.306 e. The Labute approximate surface area is 420 Å². The van der Waals surface area contributed by atoms with Crippen LogP contribution in [0.25, 0.3) is 0 Å². The summed E-state index contributed by atoms with van der Waals surface area (Å²) in [6.07, 6.45) is 72.8. The molecular weight excluding hydrogens is 841 g/mol. The second-order valence-corrected chi connectivity index (χ2v) is 18.8. The van der Waals surface area contributed by atoms with E-state index in [0.717, 1.165) is 122 Å². The number of carbonyl (C=O) groups excluding carboxylic acids is 3. The summed E-state index contributed by atoms with van der Waals surface area (Å²) < 4.78 is 16.8. The van der Waals surface area contributed by atoms with Gasteiger partial charge in [-0.25, -0.2) is 0 Å². The molecule has 0 fully saturated rings. The van der Waals surface area contributed by atoms with E-state index in [1.807, 2.05) is 0 Å². The van der Waals surface area contributed by atoms with Crippen LogP contribution in [-0.2, 0) is 28.6 Å². The molecule has 0 aliphatic carbocycles. The second-order valence-electron chi connectivity index (χ2n) is 18.8. The van der Waals surface area contributed by atoms with Gasteiger partial charge in [-0.3, -0.25) is 14.4 Å². The highest BCUT2D eigenvalue weighted by Gasteiger charge is 2.19. The summed E-state index contributed by atoms with van der Waals surface area (Å²) in [5.74, 6) is -0.928. The molecule has 6 nitrogen and oxygen atoms in total. The summed E-state index contributed by atoms with van der Waals surface area (Å²) in [7, 11) is 0. The number of rotatable bonds is 51. The molecule has 0 saturated heterocycles. The van der Waals surface area contributed by atoms with Crippen molar-refractivity contribution in [2.75, 3.05) is 13.2 Å². The lowest BCUT2D eigenvalue weighted by molar-refractivity contribution is -0.167. The zero-order chi connectivity index (χ0) is 49.3. The van der Waals surface area contributed by atoms with Crippen molar-refractivity contribution in [1.82, 2.24) is 0 Å². The Morgan fingerprint density at radius 2 is 0.588 bits per heavy atom. The summed E-state index contributed by atoms with van der Waals surface area (Å²) in [6, 6.07) is 0. The van der Waals surface area contributed by atoms with E-state index in [1.54, 1.807) is 0 Å². The van der Waals surface area contributed by atoms with Gasteiger partial charge in [0.2, 0.25) is 0 Å². The Balaban J connectivity index is 4.43. The first-order valence-electron chi connectivity index (χ1n) is 28.6. The number of allylic oxidation sites excluding steroid dienone is 14. The van der Waals surface area contributed by atoms with Crippen molar-refractivity contribution in [2.45, 2.75) is 277 Å². The molecule has 68 heavy (non-hydrogen) atoms. The van der Waals surface area contributed by atoms with Crippen molar-refractivity contribution in [3.8, 4) is 0 Å². The fourth-order valence-corrected chi connectivity index (χ4v) is 7.80. The molecule has 1 atom stereocenters. The van der Waals surface area contributed by atoms with Gasteiger partial charge in [0.05, 0.1) is 0 Å². The summed E-state index contributed by atoms with van der Waals surface area (Å²) in [5.41, 5.74) is 0. The van der Waals surface area contributed by atoms with Gasteiger partial charge in [0, 0.05) is 19.3 Å². The molecule has 0 aromatic carbocycles. The van der Waals surface area contributed by atoms with Gasteiger partial charge in [0.1, 0.15) is 13.2 Å². The molecule has 0 saturated carbocycles. The zero-order valence-electron chi connectivity index (χ0n) is 44.6. The van der Waals surface area contributed by atoms with Crippen molar-refractivity contribution in [2.24, 2.45) is 0 Å². The molecule has 0 rings (SSSR count). The topological polar surface area (TPSA) is 78.9 Å². The molecule has 0 amide bonds. The molecule has 1 unspecified atom stereocenters. The van der Waals surface area contributed by atoms with Gasteiger partial charge in [0.25, 0.3) is 0 Å². The van der Waals surface area contributed by atoms with Crippen LogP contribution in [0.4, 0.5) is 0 Å². The third-order valence-electron chi connectivity index (χ3n) is 12.1. The third kappa shape index (κ3) is 53.5. The minimum Gasteiger partial charge on any atom is -0.462 e. The number of hydrogen-bond acceptors (Lipinski definition) is 6. The molecule has 0 aromatic heterocycles. The smallest absolute Gasteiger partial charge is 0.306 e. The van der Waals surface area contributed by atoms with E-state index < -0.39 is 6.10 Å². The highest BCUT2D eigenvalue weighted by molar-refractivity contribution is 5.71. The van der Waals surface area contributed by atoms with Gasteiger partial charge in [-0.1, -0.05) is 228 Å². The molecule has 0 N–H and O–H groups in total. The molecule has 0 aliphatic heterocycles. The van der Waals surface area contributed by atoms with Gasteiger partial charge in [-0.05, 0) is 109 Å². The van der Waals surface area contributed by atoms with E-state index in [0.29, 0.717) is 19.3 Å². The Morgan fingerprint density at radius 3 is 0.956 bits per heavy atom. The van der Waals surface area contributed by atoms with E-state index in [9.17, 15) is 14.4 Å². The van der Waals surface area contributed by atoms with Gasteiger partial charge in [-0.15, -0.1) is 0 Å². The van der Waals surface area contributed by atoms with Gasteiger partial charge in [0.15, 0.2) is 6.10 Å². The molecule has 0 heterocycles. The number of unbranched alkanes of at least 4 members (excludes halogenated alkanes) is 26. The first-order chi connectivity index (χ1) is 33.5. The molecular formula is C62H106O6. The van der Waals surface area contributed by atoms with Crippen LogP contribution in [0.5, 0.6) is 0 Å². The minimum absolute atomic E-state index is 0.0920. The van der Waals surface area contributed by atoms with Crippen LogP contribution in [0, 0.1) is 0 Å². The molecule has 0 radical (unpaired) electrons. The third-order valence-corrected chi connectivity index (χ3v) is 12.1. The predicted molar refractivity (Wildman–Crippen MR) is 293 cm³/mol. The number of esters is 3. The Morgan fingerprint density at radius 1 is 0.309 bits per heavy atom. The number of carbonyl (C=O) groups is 3. The lowest BCUT2D eigenvalue weighted by Gasteiger charge is -2.18. The van der Waals surface area contributed by atoms with Gasteiger partial charge >= 0.3 is 17.9 Å². The summed E-state index contributed by atoms with van der Waals surface area (Å²) in [4.78, 5) is 38.1. The predicted octanol–water partition coefficient (Wildman–Crippen LogP) is 19.2. The highest BCUT2D eigenvalue weighted by atomic mass is 16.6. The molecule has 0 bridgehead atoms. The molecule has 0 aromatic rings. The Kier molecular flexibility index (Phi) is 53.4. The van der Waals surface area contributed by atoms with E-state index in [4.69, 9.17) is 14.2 Å². The first kappa shape index (κ1) is 64.6. The average molecular weight is 948 g/mol. The standard InChI is InChI=1S/C62H106O6/c1-4-7-10-13-16-19-22-25-28-30-31-33-34-37-40-43-46-49-52-55-61(64)67-58-59(57-66-60(63)54-51-48-45-42-39-36-27-24-21-18-15-12-9-6-3)68-62(65)56-53-50-47-44-41-38-35-32-29-26-23-20-17-14-11-8-5-2/h8,11,15,17-18,20,24-29,35,38,59H,4-7,9-10,12-14,16,19,21-23,30-34,36-37,39-58H2,1-3H3/b11-8-,18-15-,20-17-,27-24-,28-25-,29-26-,38-35-. The van der Waals surface area contributed by atoms with Crippen LogP contribution in [0.3, 0.4) is 0 Å². The SMILES string of the molecule is CC/C=C\C/C=C\C/C=C\C/C=C\CCCCCCC(=O)OC(COC(=O)CCCCCCC/C=C\C/C=C\CCCC)COC(=O)CCCCCCCCCCC/C=C\CCCCCCCC. The van der Waals surface area contributed by atoms with Crippen LogP contribution >= 0.6 is 0 Å². The highest BCUT2D eigenvalue weighted by Crippen LogP contribution is 2.15. The van der Waals surface area contributed by atoms with Crippen molar-refractivity contribution in [3.05, 3.63) is 85.1 Å². The van der Waals surface area contributed by atoms with E-state index in [2.05, 4.69) is 106 Å². The van der Waals surface area contributed by atoms with Crippen LogP contribution in [-0.4, -0.2) is 37.2 Å². The van der Waals surface area contributed by atoms with Crippen molar-refractivity contribution in [3.63, 3.8) is 0 Å². The molecule has 0 spiro atoms. The summed E-state index contributed by atoms with van der Waals surface area (Å²) in [6.45, 7) is 6.46. The van der Waals surface area contributed by atoms with Gasteiger partial charge in [-0.2, -0.15) is 0 Å². The van der Waals surface area contributed by atoms with Crippen LogP contribution in [0.2, 0.25) is 0 Å². The number of hydrogen-bond donors (Lipinski definition) is 0. The maximum absolute atomic E-state index is 12.8. The molecule has 0 aliphatic rings. The fourth-order valence-electron chi connectivity index (χ4n) is 7.80. The van der Waals surface area contributed by atoms with Crippen LogP contribution in [0.15, 0.2) is 85.1 Å². The lowest BCUT2D eigenvalue weighted by Crippen LogP contribution is -2.30. The van der Waals surface area contributed by atoms with E-state index >= 15 is 0 Å². The van der Waals surface area contributed by atoms with Crippen LogP contribution in [0.1, 0.15) is 271 Å². The Hall–Kier alpha value is -3.41. The largest absolute Gasteiger partial charge is 0.462 e. The Bertz CT molecular complexity index is 1320. The quantitative estimate of drug-likeness (QED) is 0.0262. The second kappa shape index (κ2) is 56.2. The molecule has 6 heteroatoms. The van der Waals surface area contributed by atoms with Crippen molar-refractivity contribution in [1.29, 1.82) is 0 Å². The van der Waals surface area contributed by atoms with Gasteiger partial charge < -0.3 is 14.2 Å². The molecule has 390 valence electrons. The summed E-state index contributed by atoms with van der Waals surface area (Å²) >= 11 is 0. The monoisotopic (exact) mass is 947 g/mol. The minimum atomic E-state index is -0.797. The lowest BCUT2D eigenvalue weighted by atomic mass is 10.1. The normalized spacial score (nSPS) is 12.7. The summed E-state index contributed by atoms with van der Waals surface area (Å²) in [5, 5.41) is 0. The van der Waals surface area contributed by atoms with E-state index in [-0.39, 0.29) is 31.1 Å². The first-order valence-corrected chi connectivity index (χ1v) is 28.6. The maximum atomic E-state index is 12.8. The van der Waals surface area contributed by atoms with Crippen LogP contribution < -0.4 is 0 Å². The van der Waals surface area contributed by atoms with Crippen molar-refractivity contribution >= 4 is 17.9 Å². The van der Waals surface area contributed by atoms with Crippen molar-refractivity contribution < 1.29 is 28.6 Å².